The Morgan fingerprint density at radius 2 is 1.25 bits per heavy atom. The van der Waals surface area contributed by atoms with Crippen LogP contribution in [0.1, 0.15) is 35.8 Å². The number of nitrogens with one attached hydrogen (secondary N) is 2. The summed E-state index contributed by atoms with van der Waals surface area (Å²) < 4.78 is 0. The van der Waals surface area contributed by atoms with E-state index in [2.05, 4.69) is 47.1 Å². The van der Waals surface area contributed by atoms with Gasteiger partial charge in [0.1, 0.15) is 0 Å². The van der Waals surface area contributed by atoms with Gasteiger partial charge in [0.25, 0.3) is 0 Å². The van der Waals surface area contributed by atoms with E-state index in [1.54, 1.807) is 0 Å². The maximum Gasteiger partial charge on any atom is 0.0617 e. The van der Waals surface area contributed by atoms with Crippen LogP contribution in [0, 0.1) is 11.8 Å². The second-order valence-corrected chi connectivity index (χ2v) is 6.66. The molecule has 0 radical (unpaired) electrons. The standard InChI is InChI=1S/C18H20N2/c1-3-11-9-19-17-15(13(11)5-1)7-8-16-14-6-2-4-12(14)10-20-18(16)17/h1-2,5-8,11-14,19-20H,3-4,9-10H2/t11-,12+,13-,14+. The summed E-state index contributed by atoms with van der Waals surface area (Å²) >= 11 is 0. The van der Waals surface area contributed by atoms with Gasteiger partial charge < -0.3 is 10.6 Å². The van der Waals surface area contributed by atoms with Crippen molar-refractivity contribution in [3.8, 4) is 0 Å². The van der Waals surface area contributed by atoms with Crippen molar-refractivity contribution in [2.45, 2.75) is 24.7 Å². The molecule has 0 unspecified atom stereocenters. The molecule has 0 spiro atoms. The van der Waals surface area contributed by atoms with Crippen LogP contribution in [0.3, 0.4) is 0 Å². The van der Waals surface area contributed by atoms with Crippen molar-refractivity contribution in [3.63, 3.8) is 0 Å². The maximum atomic E-state index is 3.72. The van der Waals surface area contributed by atoms with Crippen LogP contribution in [0.25, 0.3) is 0 Å². The third-order valence-electron chi connectivity index (χ3n) is 5.65. The van der Waals surface area contributed by atoms with E-state index in [0.717, 1.165) is 24.9 Å². The largest absolute Gasteiger partial charge is 0.383 e. The minimum absolute atomic E-state index is 0.634. The van der Waals surface area contributed by atoms with Crippen molar-refractivity contribution in [1.29, 1.82) is 0 Å². The number of benzene rings is 1. The van der Waals surface area contributed by atoms with Crippen LogP contribution < -0.4 is 10.6 Å². The van der Waals surface area contributed by atoms with Crippen molar-refractivity contribution in [3.05, 3.63) is 47.6 Å². The number of fused-ring (bicyclic) bond motifs is 7. The maximum absolute atomic E-state index is 3.72. The fourth-order valence-electron chi connectivity index (χ4n) is 4.58. The third-order valence-corrected chi connectivity index (χ3v) is 5.65. The van der Waals surface area contributed by atoms with E-state index in [-0.39, 0.29) is 0 Å². The highest BCUT2D eigenvalue weighted by Crippen LogP contribution is 2.50. The van der Waals surface area contributed by atoms with Gasteiger partial charge in [0.2, 0.25) is 0 Å². The van der Waals surface area contributed by atoms with Gasteiger partial charge in [-0.25, -0.2) is 0 Å². The van der Waals surface area contributed by atoms with Gasteiger partial charge in [-0.15, -0.1) is 0 Å². The Morgan fingerprint density at radius 1 is 0.750 bits per heavy atom. The molecule has 4 aliphatic rings. The number of hydrogen-bond acceptors (Lipinski definition) is 2. The summed E-state index contributed by atoms with van der Waals surface area (Å²) in [5.41, 5.74) is 5.77. The zero-order valence-corrected chi connectivity index (χ0v) is 11.6. The van der Waals surface area contributed by atoms with E-state index >= 15 is 0 Å². The topological polar surface area (TPSA) is 24.1 Å². The zero-order chi connectivity index (χ0) is 13.1. The molecule has 102 valence electrons. The zero-order valence-electron chi connectivity index (χ0n) is 11.6. The van der Waals surface area contributed by atoms with Crippen LogP contribution >= 0.6 is 0 Å². The monoisotopic (exact) mass is 264 g/mol. The molecule has 20 heavy (non-hydrogen) atoms. The molecule has 0 aromatic heterocycles. The summed E-state index contributed by atoms with van der Waals surface area (Å²) in [5, 5.41) is 7.43. The molecule has 1 aromatic rings. The van der Waals surface area contributed by atoms with E-state index in [0.29, 0.717) is 11.8 Å². The highest BCUT2D eigenvalue weighted by Gasteiger charge is 2.36. The summed E-state index contributed by atoms with van der Waals surface area (Å²) in [6, 6.07) is 4.76. The van der Waals surface area contributed by atoms with E-state index < -0.39 is 0 Å². The smallest absolute Gasteiger partial charge is 0.0617 e. The third kappa shape index (κ3) is 1.34. The molecule has 0 amide bonds. The van der Waals surface area contributed by atoms with E-state index in [9.17, 15) is 0 Å². The van der Waals surface area contributed by atoms with Crippen molar-refractivity contribution in [1.82, 2.24) is 0 Å². The van der Waals surface area contributed by atoms with Crippen LogP contribution in [0.2, 0.25) is 0 Å². The molecule has 2 aliphatic carbocycles. The van der Waals surface area contributed by atoms with Crippen LogP contribution in [0.15, 0.2) is 36.4 Å². The van der Waals surface area contributed by atoms with Crippen LogP contribution in [0.5, 0.6) is 0 Å². The molecule has 0 saturated heterocycles. The van der Waals surface area contributed by atoms with Gasteiger partial charge >= 0.3 is 0 Å². The first kappa shape index (κ1) is 11.0. The van der Waals surface area contributed by atoms with Crippen molar-refractivity contribution >= 4 is 11.4 Å². The van der Waals surface area contributed by atoms with Gasteiger partial charge in [0, 0.05) is 24.9 Å². The molecule has 2 N–H and O–H groups in total. The van der Waals surface area contributed by atoms with E-state index in [1.807, 2.05) is 0 Å². The second kappa shape index (κ2) is 3.91. The molecule has 2 nitrogen and oxygen atoms in total. The Morgan fingerprint density at radius 3 is 1.75 bits per heavy atom. The van der Waals surface area contributed by atoms with Gasteiger partial charge in [-0.1, -0.05) is 36.4 Å². The fraction of sp³-hybridized carbons (Fsp3) is 0.444. The van der Waals surface area contributed by atoms with Crippen molar-refractivity contribution < 1.29 is 0 Å². The molecular weight excluding hydrogens is 244 g/mol. The summed E-state index contributed by atoms with van der Waals surface area (Å²) in [4.78, 5) is 0. The van der Waals surface area contributed by atoms with E-state index in [4.69, 9.17) is 0 Å². The highest BCUT2D eigenvalue weighted by molar-refractivity contribution is 5.80. The van der Waals surface area contributed by atoms with Gasteiger partial charge in [-0.3, -0.25) is 0 Å². The summed E-state index contributed by atoms with van der Waals surface area (Å²) in [7, 11) is 0. The van der Waals surface area contributed by atoms with Crippen LogP contribution in [0.4, 0.5) is 11.4 Å². The lowest BCUT2D eigenvalue weighted by Gasteiger charge is -2.36. The van der Waals surface area contributed by atoms with Crippen molar-refractivity contribution in [2.75, 3.05) is 23.7 Å². The molecule has 4 atom stereocenters. The summed E-state index contributed by atoms with van der Waals surface area (Å²) in [6.07, 6.45) is 12.0. The Hall–Kier alpha value is -1.70. The molecule has 1 aromatic carbocycles. The summed E-state index contributed by atoms with van der Waals surface area (Å²) in [6.45, 7) is 2.24. The van der Waals surface area contributed by atoms with E-state index in [1.165, 1.54) is 35.3 Å². The normalized spacial score (nSPS) is 35.6. The summed E-state index contributed by atoms with van der Waals surface area (Å²) in [5.74, 6) is 2.80. The lowest BCUT2D eigenvalue weighted by molar-refractivity contribution is 0.511. The van der Waals surface area contributed by atoms with Gasteiger partial charge in [-0.05, 0) is 35.8 Å². The Labute approximate surface area is 120 Å². The first-order valence-electron chi connectivity index (χ1n) is 7.89. The average molecular weight is 264 g/mol. The Kier molecular flexibility index (Phi) is 2.15. The number of anilines is 2. The molecule has 2 heteroatoms. The molecule has 0 fully saturated rings. The fourth-order valence-corrected chi connectivity index (χ4v) is 4.58. The molecular formula is C18H20N2. The molecule has 0 saturated carbocycles. The number of rotatable bonds is 0. The first-order chi connectivity index (χ1) is 9.92. The van der Waals surface area contributed by atoms with Gasteiger partial charge in [0.15, 0.2) is 0 Å². The van der Waals surface area contributed by atoms with Crippen LogP contribution in [-0.4, -0.2) is 13.1 Å². The number of hydrogen-bond donors (Lipinski definition) is 2. The molecule has 0 bridgehead atoms. The second-order valence-electron chi connectivity index (χ2n) is 6.66. The number of allylic oxidation sites excluding steroid dienone is 4. The molecule has 2 heterocycles. The van der Waals surface area contributed by atoms with Gasteiger partial charge in [0.05, 0.1) is 11.4 Å². The lowest BCUT2D eigenvalue weighted by atomic mass is 9.79. The van der Waals surface area contributed by atoms with Crippen molar-refractivity contribution in [2.24, 2.45) is 11.8 Å². The minimum Gasteiger partial charge on any atom is -0.383 e. The first-order valence-corrected chi connectivity index (χ1v) is 7.89. The average Bonchev–Trinajstić information content (AvgIpc) is 3.14. The minimum atomic E-state index is 0.634. The van der Waals surface area contributed by atoms with Gasteiger partial charge in [-0.2, -0.15) is 0 Å². The molecule has 2 aliphatic heterocycles. The molecule has 5 rings (SSSR count). The Bertz CT molecular complexity index is 574. The Balaban J connectivity index is 1.66. The predicted octanol–water partition coefficient (Wildman–Crippen LogP) is 3.86. The lowest BCUT2D eigenvalue weighted by Crippen LogP contribution is -2.29. The highest BCUT2D eigenvalue weighted by atomic mass is 15.0. The quantitative estimate of drug-likeness (QED) is 0.695. The van der Waals surface area contributed by atoms with Crippen LogP contribution in [-0.2, 0) is 0 Å². The SMILES string of the molecule is C1=C[C@@H]2c3ccc4c(c3NC[C@@H]2C1)NC[C@H]1CC=C[C@@H]41. The predicted molar refractivity (Wildman–Crippen MR) is 83.4 cm³/mol.